The maximum absolute atomic E-state index is 14.2. The van der Waals surface area contributed by atoms with Crippen LogP contribution in [0.3, 0.4) is 0 Å². The zero-order valence-corrected chi connectivity index (χ0v) is 26.1. The lowest BCUT2D eigenvalue weighted by Crippen LogP contribution is -2.52. The second kappa shape index (κ2) is 17.1. The fraction of sp³-hybridized carbons (Fsp3) is 0.424. The molecule has 0 amide bonds. The molecule has 2 aromatic rings. The van der Waals surface area contributed by atoms with Crippen molar-refractivity contribution < 1.29 is 64.4 Å². The van der Waals surface area contributed by atoms with Gasteiger partial charge in [0, 0.05) is 25.3 Å². The van der Waals surface area contributed by atoms with Crippen molar-refractivity contribution in [1.82, 2.24) is 0 Å². The van der Waals surface area contributed by atoms with Crippen LogP contribution in [0.1, 0.15) is 43.7 Å². The van der Waals surface area contributed by atoms with Gasteiger partial charge in [-0.15, -0.1) is 0 Å². The summed E-state index contributed by atoms with van der Waals surface area (Å²) in [5.74, 6) is -4.25. The first-order valence-corrected chi connectivity index (χ1v) is 14.3. The molecule has 0 unspecified atom stereocenters. The molecule has 2 rings (SSSR count). The quantitative estimate of drug-likeness (QED) is 0.0625. The molecule has 2 aromatic carbocycles. The van der Waals surface area contributed by atoms with Crippen LogP contribution in [-0.2, 0) is 49.3 Å². The molecule has 47 heavy (non-hydrogen) atoms. The van der Waals surface area contributed by atoms with Gasteiger partial charge < -0.3 is 23.7 Å². The smallest absolute Gasteiger partial charge is 0.432 e. The van der Waals surface area contributed by atoms with Crippen molar-refractivity contribution in [2.24, 2.45) is 0 Å². The standard InChI is InChI=1S/C33H36F6O8/c1-23(46-28(41)30(44-3,32(34,35)36)24-17-11-8-12-18-24)16-10-6-5-7-15-21-26(22-27(40)43-2)47-29(42)31(45-4,33(37,38)39)25-19-13-9-14-20-25/h5,7-9,11-15,17-21,23,26H,6,10,16,22H2,1-4H3/b7-5+,21-15+/t23-,26-,30+,31+/m1/s1. The van der Waals surface area contributed by atoms with Gasteiger partial charge in [0.05, 0.1) is 19.6 Å². The summed E-state index contributed by atoms with van der Waals surface area (Å²) in [6.07, 6.45) is -6.77. The molecule has 4 atom stereocenters. The van der Waals surface area contributed by atoms with Gasteiger partial charge in [0.15, 0.2) is 0 Å². The van der Waals surface area contributed by atoms with Crippen LogP contribution in [-0.4, -0.2) is 63.8 Å². The monoisotopic (exact) mass is 674 g/mol. The number of allylic oxidation sites excluding steroid dienone is 3. The summed E-state index contributed by atoms with van der Waals surface area (Å²) in [6, 6.07) is 12.6. The summed E-state index contributed by atoms with van der Waals surface area (Å²) in [5.41, 5.74) is -7.71. The van der Waals surface area contributed by atoms with Crippen molar-refractivity contribution in [2.75, 3.05) is 21.3 Å². The van der Waals surface area contributed by atoms with E-state index in [1.807, 2.05) is 0 Å². The second-order valence-corrected chi connectivity index (χ2v) is 10.2. The maximum Gasteiger partial charge on any atom is 0.432 e. The highest BCUT2D eigenvalue weighted by molar-refractivity contribution is 5.84. The third-order valence-electron chi connectivity index (χ3n) is 7.06. The SMILES string of the molecule is COC(=O)C[C@@H](/C=C/C=C/CCC[C@@H](C)OC(=O)[C@@](OC)(c1ccccc1)C(F)(F)F)OC(=O)[C@@](OC)(c1ccccc1)C(F)(F)F. The number of carbonyl (C=O) groups is 3. The lowest BCUT2D eigenvalue weighted by Gasteiger charge is -2.33. The number of hydrogen-bond donors (Lipinski definition) is 0. The first kappa shape index (κ1) is 39.0. The summed E-state index contributed by atoms with van der Waals surface area (Å²) in [6.45, 7) is 1.44. The minimum atomic E-state index is -5.22. The highest BCUT2D eigenvalue weighted by Gasteiger charge is 2.65. The minimum Gasteiger partial charge on any atom is -0.469 e. The minimum absolute atomic E-state index is 0.185. The van der Waals surface area contributed by atoms with Crippen molar-refractivity contribution in [3.05, 3.63) is 96.1 Å². The van der Waals surface area contributed by atoms with Gasteiger partial charge in [0.25, 0.3) is 11.2 Å². The van der Waals surface area contributed by atoms with Crippen molar-refractivity contribution in [1.29, 1.82) is 0 Å². The van der Waals surface area contributed by atoms with Crippen LogP contribution in [0.4, 0.5) is 26.3 Å². The third kappa shape index (κ3) is 9.44. The van der Waals surface area contributed by atoms with Crippen LogP contribution in [0.15, 0.2) is 85.0 Å². The molecule has 0 aromatic heterocycles. The van der Waals surface area contributed by atoms with Gasteiger partial charge in [-0.05, 0) is 32.3 Å². The van der Waals surface area contributed by atoms with E-state index in [0.29, 0.717) is 20.0 Å². The first-order chi connectivity index (χ1) is 22.1. The normalized spacial score (nSPS) is 16.2. The van der Waals surface area contributed by atoms with Gasteiger partial charge in [0.1, 0.15) is 6.10 Å². The fourth-order valence-corrected chi connectivity index (χ4v) is 4.60. The average molecular weight is 675 g/mol. The number of esters is 3. The Balaban J connectivity index is 2.06. The van der Waals surface area contributed by atoms with E-state index in [9.17, 15) is 40.7 Å². The van der Waals surface area contributed by atoms with Crippen LogP contribution >= 0.6 is 0 Å². The van der Waals surface area contributed by atoms with Crippen molar-refractivity contribution in [2.45, 2.75) is 68.4 Å². The number of methoxy groups -OCH3 is 3. The molecule has 14 heteroatoms. The lowest BCUT2D eigenvalue weighted by molar-refractivity contribution is -0.278. The Kier molecular flexibility index (Phi) is 14.2. The van der Waals surface area contributed by atoms with Gasteiger partial charge >= 0.3 is 30.3 Å². The van der Waals surface area contributed by atoms with E-state index >= 15 is 0 Å². The Bertz CT molecular complexity index is 1360. The zero-order valence-electron chi connectivity index (χ0n) is 26.1. The molecule has 0 bridgehead atoms. The number of alkyl halides is 6. The van der Waals surface area contributed by atoms with E-state index in [0.717, 1.165) is 38.5 Å². The van der Waals surface area contributed by atoms with Crippen molar-refractivity contribution >= 4 is 17.9 Å². The number of carbonyl (C=O) groups excluding carboxylic acids is 3. The Morgan fingerprint density at radius 2 is 1.19 bits per heavy atom. The predicted octanol–water partition coefficient (Wildman–Crippen LogP) is 6.88. The molecule has 8 nitrogen and oxygen atoms in total. The summed E-state index contributed by atoms with van der Waals surface area (Å²) in [7, 11) is 2.54. The topological polar surface area (TPSA) is 97.4 Å². The fourth-order valence-electron chi connectivity index (χ4n) is 4.60. The van der Waals surface area contributed by atoms with Gasteiger partial charge in [-0.2, -0.15) is 26.3 Å². The third-order valence-corrected chi connectivity index (χ3v) is 7.06. The van der Waals surface area contributed by atoms with E-state index in [2.05, 4.69) is 4.74 Å². The molecule has 0 saturated heterocycles. The molecule has 0 spiro atoms. The Hall–Kier alpha value is -4.17. The Morgan fingerprint density at radius 3 is 1.62 bits per heavy atom. The number of halogens is 6. The molecule has 0 aliphatic carbocycles. The molecule has 0 aliphatic heterocycles. The highest BCUT2D eigenvalue weighted by atomic mass is 19.4. The van der Waals surface area contributed by atoms with E-state index in [1.165, 1.54) is 61.5 Å². The molecule has 0 radical (unpaired) electrons. The predicted molar refractivity (Wildman–Crippen MR) is 157 cm³/mol. The van der Waals surface area contributed by atoms with Gasteiger partial charge in [-0.25, -0.2) is 9.59 Å². The van der Waals surface area contributed by atoms with Crippen molar-refractivity contribution in [3.63, 3.8) is 0 Å². The average Bonchev–Trinajstić information content (AvgIpc) is 3.01. The van der Waals surface area contributed by atoms with Crippen LogP contribution in [0, 0.1) is 0 Å². The Labute approximate surface area is 268 Å². The van der Waals surface area contributed by atoms with E-state index in [4.69, 9.17) is 18.9 Å². The first-order valence-electron chi connectivity index (χ1n) is 14.3. The molecular weight excluding hydrogens is 638 g/mol. The molecule has 0 saturated carbocycles. The van der Waals surface area contributed by atoms with E-state index in [1.54, 1.807) is 6.08 Å². The lowest BCUT2D eigenvalue weighted by atomic mass is 9.92. The molecular formula is C33H36F6O8. The molecule has 0 aliphatic rings. The van der Waals surface area contributed by atoms with Crippen LogP contribution in [0.25, 0.3) is 0 Å². The molecule has 0 N–H and O–H groups in total. The van der Waals surface area contributed by atoms with Crippen LogP contribution in [0.5, 0.6) is 0 Å². The summed E-state index contributed by atoms with van der Waals surface area (Å²) < 4.78 is 109. The molecule has 258 valence electrons. The van der Waals surface area contributed by atoms with Gasteiger partial charge in [0.2, 0.25) is 0 Å². The summed E-state index contributed by atoms with van der Waals surface area (Å²) in [5, 5.41) is 0. The molecule has 0 heterocycles. The Morgan fingerprint density at radius 1 is 0.723 bits per heavy atom. The number of ether oxygens (including phenoxy) is 5. The number of hydrogen-bond acceptors (Lipinski definition) is 8. The van der Waals surface area contributed by atoms with E-state index in [-0.39, 0.29) is 6.42 Å². The van der Waals surface area contributed by atoms with Gasteiger partial charge in [-0.3, -0.25) is 4.79 Å². The number of rotatable bonds is 16. The maximum atomic E-state index is 14.2. The van der Waals surface area contributed by atoms with Crippen molar-refractivity contribution in [3.8, 4) is 0 Å². The number of unbranched alkanes of at least 4 members (excludes halogenated alkanes) is 1. The van der Waals surface area contributed by atoms with Crippen LogP contribution < -0.4 is 0 Å². The van der Waals surface area contributed by atoms with Gasteiger partial charge in [-0.1, -0.05) is 78.9 Å². The number of benzene rings is 2. The molecule has 0 fully saturated rings. The second-order valence-electron chi connectivity index (χ2n) is 10.2. The highest BCUT2D eigenvalue weighted by Crippen LogP contribution is 2.44. The summed E-state index contributed by atoms with van der Waals surface area (Å²) in [4.78, 5) is 37.6. The van der Waals surface area contributed by atoms with Crippen LogP contribution in [0.2, 0.25) is 0 Å². The zero-order chi connectivity index (χ0) is 35.3. The van der Waals surface area contributed by atoms with E-state index < -0.39 is 71.2 Å². The largest absolute Gasteiger partial charge is 0.469 e. The summed E-state index contributed by atoms with van der Waals surface area (Å²) >= 11 is 0.